The summed E-state index contributed by atoms with van der Waals surface area (Å²) in [6, 6.07) is 8.87. The molecule has 5 nitrogen and oxygen atoms in total. The molecule has 0 aliphatic carbocycles. The zero-order valence-corrected chi connectivity index (χ0v) is 15.0. The molecule has 134 valence electrons. The second kappa shape index (κ2) is 10.3. The van der Waals surface area contributed by atoms with Crippen LogP contribution in [0.25, 0.3) is 0 Å². The predicted octanol–water partition coefficient (Wildman–Crippen LogP) is -0.376. The number of nitrogens with zero attached hydrogens (tertiary/aromatic N) is 1. The lowest BCUT2D eigenvalue weighted by atomic mass is 9.94. The molecule has 0 amide bonds. The van der Waals surface area contributed by atoms with Gasteiger partial charge in [0.2, 0.25) is 0 Å². The quantitative estimate of drug-likeness (QED) is 0.651. The summed E-state index contributed by atoms with van der Waals surface area (Å²) in [4.78, 5) is 26.7. The Morgan fingerprint density at radius 1 is 1.25 bits per heavy atom. The Morgan fingerprint density at radius 3 is 2.58 bits per heavy atom. The number of halogens is 1. The number of rotatable bonds is 6. The molecule has 0 saturated carbocycles. The predicted molar refractivity (Wildman–Crippen MR) is 88.2 cm³/mol. The molecule has 2 rings (SSSR count). The molecule has 1 aliphatic rings. The topological polar surface area (TPSA) is 55.8 Å². The highest BCUT2D eigenvalue weighted by Crippen LogP contribution is 2.23. The summed E-state index contributed by atoms with van der Waals surface area (Å²) in [5, 5.41) is 0. The van der Waals surface area contributed by atoms with Crippen molar-refractivity contribution in [1.29, 1.82) is 0 Å². The van der Waals surface area contributed by atoms with E-state index in [1.54, 1.807) is 31.2 Å². The fourth-order valence-electron chi connectivity index (χ4n) is 2.91. The molecule has 0 aromatic heterocycles. The summed E-state index contributed by atoms with van der Waals surface area (Å²) in [5.41, 5.74) is 0.506. The van der Waals surface area contributed by atoms with Crippen LogP contribution in [-0.2, 0) is 14.3 Å². The number of ether oxygens (including phenoxy) is 2. The third-order valence-electron chi connectivity index (χ3n) is 4.03. The summed E-state index contributed by atoms with van der Waals surface area (Å²) >= 11 is 0. The Morgan fingerprint density at radius 2 is 1.96 bits per heavy atom. The van der Waals surface area contributed by atoms with E-state index in [0.717, 1.165) is 19.5 Å². The fraction of sp³-hybridized carbons (Fsp3) is 0.556. The van der Waals surface area contributed by atoms with Crippen molar-refractivity contribution in [3.63, 3.8) is 0 Å². The number of benzene rings is 1. The molecule has 0 N–H and O–H groups in total. The van der Waals surface area contributed by atoms with Gasteiger partial charge >= 0.3 is 13.4 Å². The highest BCUT2D eigenvalue weighted by molar-refractivity contribution is 5.89. The van der Waals surface area contributed by atoms with Crippen molar-refractivity contribution in [3.8, 4) is 0 Å². The van der Waals surface area contributed by atoms with Crippen molar-refractivity contribution in [2.45, 2.75) is 32.8 Å². The van der Waals surface area contributed by atoms with Gasteiger partial charge in [0.15, 0.2) is 0 Å². The van der Waals surface area contributed by atoms with Gasteiger partial charge in [0.25, 0.3) is 0 Å². The maximum atomic E-state index is 12.3. The summed E-state index contributed by atoms with van der Waals surface area (Å²) in [7, 11) is 0. The molecule has 6 heteroatoms. The van der Waals surface area contributed by atoms with Crippen LogP contribution < -0.4 is 12.4 Å². The van der Waals surface area contributed by atoms with Crippen molar-refractivity contribution >= 4 is 11.9 Å². The van der Waals surface area contributed by atoms with Gasteiger partial charge in [-0.3, -0.25) is 4.79 Å². The van der Waals surface area contributed by atoms with E-state index in [4.69, 9.17) is 9.47 Å². The molecule has 0 radical (unpaired) electrons. The maximum absolute atomic E-state index is 12.3. The Kier molecular flexibility index (Phi) is 8.79. The van der Waals surface area contributed by atoms with E-state index in [1.807, 2.05) is 6.07 Å². The first-order chi connectivity index (χ1) is 11.2. The lowest BCUT2D eigenvalue weighted by molar-refractivity contribution is -0.155. The van der Waals surface area contributed by atoms with E-state index < -0.39 is 12.0 Å². The minimum absolute atomic E-state index is 0. The summed E-state index contributed by atoms with van der Waals surface area (Å²) in [6.07, 6.45) is 1.27. The largest absolute Gasteiger partial charge is 1.00 e. The molecular formula is C18H26ClNO4. The monoisotopic (exact) mass is 355 g/mol. The van der Waals surface area contributed by atoms with Gasteiger partial charge < -0.3 is 26.8 Å². The minimum Gasteiger partial charge on any atom is -1.00 e. The van der Waals surface area contributed by atoms with E-state index in [9.17, 15) is 9.59 Å². The van der Waals surface area contributed by atoms with Crippen molar-refractivity contribution in [3.05, 3.63) is 35.9 Å². The zero-order chi connectivity index (χ0) is 16.7. The Bertz CT molecular complexity index is 529. The number of carbonyl (C=O) groups is 2. The van der Waals surface area contributed by atoms with Gasteiger partial charge in [0, 0.05) is 13.1 Å². The number of piperidine rings is 1. The van der Waals surface area contributed by atoms with Crippen LogP contribution in [0.15, 0.2) is 30.3 Å². The van der Waals surface area contributed by atoms with Crippen LogP contribution in [0, 0.1) is 5.92 Å². The van der Waals surface area contributed by atoms with Crippen molar-refractivity contribution in [2.24, 2.45) is 5.92 Å². The SMILES string of the molecule is CCCN1CCC(OC(=O)c2ccccc2)C(C(=O)OCC)C1.[Cl-].[H+]. The van der Waals surface area contributed by atoms with Crippen LogP contribution in [0.1, 0.15) is 38.5 Å². The fourth-order valence-corrected chi connectivity index (χ4v) is 2.91. The first-order valence-corrected chi connectivity index (χ1v) is 8.30. The second-order valence-electron chi connectivity index (χ2n) is 5.76. The van der Waals surface area contributed by atoms with Gasteiger partial charge in [-0.05, 0) is 38.4 Å². The van der Waals surface area contributed by atoms with Crippen LogP contribution in [0.3, 0.4) is 0 Å². The average Bonchev–Trinajstić information content (AvgIpc) is 2.57. The zero-order valence-electron chi connectivity index (χ0n) is 15.2. The maximum Gasteiger partial charge on any atom is 1.00 e. The summed E-state index contributed by atoms with van der Waals surface area (Å²) in [5.74, 6) is -1.07. The molecule has 1 fully saturated rings. The molecule has 1 saturated heterocycles. The number of carbonyl (C=O) groups excluding carboxylic acids is 2. The number of likely N-dealkylation sites (tertiary alicyclic amines) is 1. The van der Waals surface area contributed by atoms with Crippen LogP contribution in [-0.4, -0.2) is 49.2 Å². The second-order valence-corrected chi connectivity index (χ2v) is 5.76. The van der Waals surface area contributed by atoms with Crippen LogP contribution >= 0.6 is 0 Å². The van der Waals surface area contributed by atoms with Crippen LogP contribution in [0.5, 0.6) is 0 Å². The third-order valence-corrected chi connectivity index (χ3v) is 4.03. The first kappa shape index (κ1) is 20.5. The van der Waals surface area contributed by atoms with E-state index >= 15 is 0 Å². The van der Waals surface area contributed by atoms with E-state index in [2.05, 4.69) is 11.8 Å². The molecule has 1 aromatic carbocycles. The van der Waals surface area contributed by atoms with Gasteiger partial charge in [0.1, 0.15) is 12.0 Å². The van der Waals surface area contributed by atoms with Gasteiger partial charge in [-0.15, -0.1) is 0 Å². The lowest BCUT2D eigenvalue weighted by Gasteiger charge is -2.36. The third kappa shape index (κ3) is 5.49. The van der Waals surface area contributed by atoms with Gasteiger partial charge in [-0.25, -0.2) is 4.79 Å². The summed E-state index contributed by atoms with van der Waals surface area (Å²) < 4.78 is 10.8. The molecule has 1 heterocycles. The van der Waals surface area contributed by atoms with Crippen molar-refractivity contribution in [1.82, 2.24) is 4.90 Å². The van der Waals surface area contributed by atoms with E-state index in [-0.39, 0.29) is 25.8 Å². The van der Waals surface area contributed by atoms with Gasteiger partial charge in [0.05, 0.1) is 12.2 Å². The molecule has 0 spiro atoms. The van der Waals surface area contributed by atoms with Crippen molar-refractivity contribution < 1.29 is 32.9 Å². The number of hydrogen-bond donors (Lipinski definition) is 0. The summed E-state index contributed by atoms with van der Waals surface area (Å²) in [6.45, 7) is 6.59. The standard InChI is InChI=1S/C18H25NO4.ClH/c1-3-11-19-12-10-16(15(13-19)18(21)22-4-2)23-17(20)14-8-6-5-7-9-14;/h5-9,15-16H,3-4,10-13H2,1-2H3;1H. The minimum atomic E-state index is -0.421. The molecule has 0 bridgehead atoms. The normalized spacial score (nSPS) is 20.8. The lowest BCUT2D eigenvalue weighted by Crippen LogP contribution is -3.00. The highest BCUT2D eigenvalue weighted by Gasteiger charge is 2.37. The van der Waals surface area contributed by atoms with Crippen LogP contribution in [0.2, 0.25) is 0 Å². The smallest absolute Gasteiger partial charge is 1.00 e. The molecule has 1 aromatic rings. The molecule has 2 atom stereocenters. The Hall–Kier alpha value is -1.59. The van der Waals surface area contributed by atoms with Crippen LogP contribution in [0.4, 0.5) is 0 Å². The first-order valence-electron chi connectivity index (χ1n) is 8.30. The highest BCUT2D eigenvalue weighted by atomic mass is 35.5. The molecule has 1 aliphatic heterocycles. The molecule has 2 unspecified atom stereocenters. The number of hydrogen-bond acceptors (Lipinski definition) is 5. The van der Waals surface area contributed by atoms with Gasteiger partial charge in [-0.1, -0.05) is 25.1 Å². The van der Waals surface area contributed by atoms with E-state index in [0.29, 0.717) is 25.1 Å². The molecule has 24 heavy (non-hydrogen) atoms. The Balaban J connectivity index is 0.00000288. The van der Waals surface area contributed by atoms with E-state index in [1.165, 1.54) is 0 Å². The van der Waals surface area contributed by atoms with Crippen molar-refractivity contribution in [2.75, 3.05) is 26.2 Å². The molecular weight excluding hydrogens is 330 g/mol. The van der Waals surface area contributed by atoms with Gasteiger partial charge in [-0.2, -0.15) is 0 Å². The average molecular weight is 356 g/mol. The number of esters is 2. The Labute approximate surface area is 151 Å².